The average molecular weight is 489 g/mol. The van der Waals surface area contributed by atoms with E-state index < -0.39 is 20.7 Å². The first-order valence-electron chi connectivity index (χ1n) is 9.68. The summed E-state index contributed by atoms with van der Waals surface area (Å²) >= 11 is 2.38. The maximum absolute atomic E-state index is 13.2. The van der Waals surface area contributed by atoms with E-state index in [-0.39, 0.29) is 15.9 Å². The summed E-state index contributed by atoms with van der Waals surface area (Å²) in [5.41, 5.74) is 1.18. The number of nitrogens with zero attached hydrogens (tertiary/aromatic N) is 2. The van der Waals surface area contributed by atoms with Crippen LogP contribution in [0.2, 0.25) is 0 Å². The Morgan fingerprint density at radius 3 is 2.53 bits per heavy atom. The van der Waals surface area contributed by atoms with Crippen LogP contribution in [0.1, 0.15) is 13.8 Å². The number of hydrogen-bond acceptors (Lipinski definition) is 7. The van der Waals surface area contributed by atoms with Gasteiger partial charge in [-0.3, -0.25) is 14.3 Å². The normalized spacial score (nSPS) is 18.2. The smallest absolute Gasteiger partial charge is 0.263 e. The van der Waals surface area contributed by atoms with Gasteiger partial charge in [0.1, 0.15) is 0 Å². The fraction of sp³-hybridized carbons (Fsp3) is 0.190. The molecule has 2 aromatic carbocycles. The van der Waals surface area contributed by atoms with Gasteiger partial charge in [-0.1, -0.05) is 23.9 Å². The Bertz CT molecular complexity index is 1260. The van der Waals surface area contributed by atoms with Gasteiger partial charge in [0.15, 0.2) is 9.88 Å². The summed E-state index contributed by atoms with van der Waals surface area (Å²) in [6.45, 7) is 3.91. The fourth-order valence-corrected chi connectivity index (χ4v) is 6.27. The van der Waals surface area contributed by atoms with Crippen LogP contribution >= 0.6 is 23.1 Å². The molecule has 1 unspecified atom stereocenters. The van der Waals surface area contributed by atoms with E-state index in [1.54, 1.807) is 17.2 Å². The van der Waals surface area contributed by atoms with Gasteiger partial charge in [0.05, 0.1) is 10.6 Å². The quantitative estimate of drug-likeness (QED) is 0.511. The van der Waals surface area contributed by atoms with Gasteiger partial charge in [0.2, 0.25) is 5.91 Å². The summed E-state index contributed by atoms with van der Waals surface area (Å²) in [5, 5.41) is 4.68. The number of thioether (sulfide) groups is 1. The molecule has 2 heterocycles. The van der Waals surface area contributed by atoms with E-state index in [2.05, 4.69) is 15.0 Å². The van der Waals surface area contributed by atoms with E-state index in [1.807, 2.05) is 31.2 Å². The molecule has 1 aromatic heterocycles. The van der Waals surface area contributed by atoms with Crippen molar-refractivity contribution in [2.24, 2.45) is 0 Å². The lowest BCUT2D eigenvalue weighted by Crippen LogP contribution is -2.54. The van der Waals surface area contributed by atoms with E-state index in [0.717, 1.165) is 10.6 Å². The molecule has 0 saturated carbocycles. The SMILES string of the molecule is CCN1C(=O)C(C)(C(=O)Nc2ccc(S(=O)(=O)Nc3nccs3)cc2)Sc2ccccc21. The lowest BCUT2D eigenvalue weighted by Gasteiger charge is -2.38. The lowest BCUT2D eigenvalue weighted by atomic mass is 10.1. The van der Waals surface area contributed by atoms with Gasteiger partial charge in [-0.15, -0.1) is 11.3 Å². The van der Waals surface area contributed by atoms with Crippen molar-refractivity contribution in [3.05, 3.63) is 60.1 Å². The number of rotatable bonds is 6. The first-order chi connectivity index (χ1) is 15.2. The van der Waals surface area contributed by atoms with Gasteiger partial charge in [0, 0.05) is 28.7 Å². The highest BCUT2D eigenvalue weighted by Crippen LogP contribution is 2.45. The molecule has 11 heteroatoms. The van der Waals surface area contributed by atoms with Crippen LogP contribution in [-0.4, -0.2) is 36.5 Å². The highest BCUT2D eigenvalue weighted by atomic mass is 32.2. The van der Waals surface area contributed by atoms with E-state index >= 15 is 0 Å². The molecule has 2 N–H and O–H groups in total. The Hall–Kier alpha value is -2.89. The van der Waals surface area contributed by atoms with E-state index in [9.17, 15) is 18.0 Å². The second kappa shape index (κ2) is 8.57. The molecule has 2 amide bonds. The molecule has 1 aliphatic rings. The monoisotopic (exact) mass is 488 g/mol. The van der Waals surface area contributed by atoms with Gasteiger partial charge in [-0.25, -0.2) is 13.4 Å². The number of benzene rings is 2. The van der Waals surface area contributed by atoms with E-state index in [1.165, 1.54) is 53.6 Å². The predicted molar refractivity (Wildman–Crippen MR) is 127 cm³/mol. The molecule has 166 valence electrons. The maximum Gasteiger partial charge on any atom is 0.263 e. The number of thiazole rings is 1. The van der Waals surface area contributed by atoms with Crippen LogP contribution in [0.5, 0.6) is 0 Å². The molecule has 1 aliphatic heterocycles. The third-order valence-corrected chi connectivity index (χ3v) is 8.46. The van der Waals surface area contributed by atoms with Crippen LogP contribution in [0.4, 0.5) is 16.5 Å². The molecule has 4 rings (SSSR count). The molecule has 0 radical (unpaired) electrons. The second-order valence-corrected chi connectivity index (χ2v) is 11.1. The Balaban J connectivity index is 1.53. The van der Waals surface area contributed by atoms with Crippen molar-refractivity contribution >= 4 is 61.4 Å². The molecule has 32 heavy (non-hydrogen) atoms. The summed E-state index contributed by atoms with van der Waals surface area (Å²) in [4.78, 5) is 32.7. The van der Waals surface area contributed by atoms with Crippen molar-refractivity contribution in [2.45, 2.75) is 28.4 Å². The predicted octanol–water partition coefficient (Wildman–Crippen LogP) is 3.80. The number of fused-ring (bicyclic) bond motifs is 1. The maximum atomic E-state index is 13.2. The molecule has 0 bridgehead atoms. The van der Waals surface area contributed by atoms with Crippen LogP contribution in [0.25, 0.3) is 0 Å². The van der Waals surface area contributed by atoms with E-state index in [0.29, 0.717) is 12.2 Å². The van der Waals surface area contributed by atoms with Gasteiger partial charge >= 0.3 is 0 Å². The van der Waals surface area contributed by atoms with Gasteiger partial charge in [-0.2, -0.15) is 0 Å². The Kier molecular flexibility index (Phi) is 5.97. The molecule has 0 fully saturated rings. The number of carbonyl (C=O) groups excluding carboxylic acids is 2. The van der Waals surface area contributed by atoms with Crippen LogP contribution in [0, 0.1) is 0 Å². The number of para-hydroxylation sites is 1. The Labute approximate surface area is 194 Å². The van der Waals surface area contributed by atoms with Gasteiger partial charge in [-0.05, 0) is 50.2 Å². The largest absolute Gasteiger partial charge is 0.324 e. The molecule has 0 aliphatic carbocycles. The third kappa shape index (κ3) is 4.10. The number of sulfonamides is 1. The summed E-state index contributed by atoms with van der Waals surface area (Å²) in [7, 11) is -3.79. The topological polar surface area (TPSA) is 108 Å². The van der Waals surface area contributed by atoms with Crippen molar-refractivity contribution < 1.29 is 18.0 Å². The number of anilines is 3. The average Bonchev–Trinajstić information content (AvgIpc) is 3.27. The first kappa shape index (κ1) is 22.3. The van der Waals surface area contributed by atoms with Crippen molar-refractivity contribution in [3.63, 3.8) is 0 Å². The second-order valence-electron chi connectivity index (χ2n) is 7.07. The molecular formula is C21H20N4O4S3. The lowest BCUT2D eigenvalue weighted by molar-refractivity contribution is -0.128. The summed E-state index contributed by atoms with van der Waals surface area (Å²) < 4.78 is 26.0. The minimum Gasteiger partial charge on any atom is -0.324 e. The zero-order valence-electron chi connectivity index (χ0n) is 17.2. The van der Waals surface area contributed by atoms with Crippen LogP contribution in [0.15, 0.2) is 69.9 Å². The summed E-state index contributed by atoms with van der Waals surface area (Å²) in [6.07, 6.45) is 1.50. The zero-order valence-corrected chi connectivity index (χ0v) is 19.7. The number of amides is 2. The van der Waals surface area contributed by atoms with E-state index in [4.69, 9.17) is 0 Å². The van der Waals surface area contributed by atoms with Crippen molar-refractivity contribution in [1.29, 1.82) is 0 Å². The molecule has 0 saturated heterocycles. The van der Waals surface area contributed by atoms with Crippen molar-refractivity contribution in [3.8, 4) is 0 Å². The first-order valence-corrected chi connectivity index (χ1v) is 12.9. The van der Waals surface area contributed by atoms with Gasteiger partial charge in [0.25, 0.3) is 15.9 Å². The standard InChI is InChI=1S/C21H20N4O4S3/c1-3-25-16-6-4-5-7-17(16)31-21(2,19(25)27)18(26)23-14-8-10-15(11-9-14)32(28,29)24-20-22-12-13-30-20/h4-13H,3H2,1-2H3,(H,22,24)(H,23,26). The van der Waals surface area contributed by atoms with Crippen molar-refractivity contribution in [2.75, 3.05) is 21.5 Å². The fourth-order valence-electron chi connectivity index (χ4n) is 3.27. The highest BCUT2D eigenvalue weighted by Gasteiger charge is 2.48. The number of aromatic nitrogens is 1. The molecule has 8 nitrogen and oxygen atoms in total. The Morgan fingerprint density at radius 2 is 1.88 bits per heavy atom. The molecule has 3 aromatic rings. The number of nitrogens with one attached hydrogen (secondary N) is 2. The number of hydrogen-bond donors (Lipinski definition) is 2. The molecule has 1 atom stereocenters. The summed E-state index contributed by atoms with van der Waals surface area (Å²) in [5.74, 6) is -0.773. The highest BCUT2D eigenvalue weighted by molar-refractivity contribution is 8.02. The number of carbonyl (C=O) groups is 2. The minimum absolute atomic E-state index is 0.0334. The summed E-state index contributed by atoms with van der Waals surface area (Å²) in [6, 6.07) is 13.2. The van der Waals surface area contributed by atoms with Crippen molar-refractivity contribution in [1.82, 2.24) is 4.98 Å². The van der Waals surface area contributed by atoms with Gasteiger partial charge < -0.3 is 10.2 Å². The van der Waals surface area contributed by atoms with Crippen LogP contribution in [-0.2, 0) is 19.6 Å². The minimum atomic E-state index is -3.79. The van der Waals surface area contributed by atoms with Crippen LogP contribution in [0.3, 0.4) is 0 Å². The molecule has 0 spiro atoms. The third-order valence-electron chi connectivity index (χ3n) is 4.95. The molecular weight excluding hydrogens is 468 g/mol. The van der Waals surface area contributed by atoms with Crippen LogP contribution < -0.4 is 14.9 Å². The zero-order chi connectivity index (χ0) is 22.9. The Morgan fingerprint density at radius 1 is 1.16 bits per heavy atom.